The highest BCUT2D eigenvalue weighted by atomic mass is 19.1. The van der Waals surface area contributed by atoms with Gasteiger partial charge in [-0.3, -0.25) is 4.90 Å². The minimum atomic E-state index is -0.756. The summed E-state index contributed by atoms with van der Waals surface area (Å²) in [7, 11) is 0. The number of rotatable bonds is 5. The predicted molar refractivity (Wildman–Crippen MR) is 87.3 cm³/mol. The maximum absolute atomic E-state index is 13.4. The Labute approximate surface area is 142 Å². The lowest BCUT2D eigenvalue weighted by Crippen LogP contribution is -2.59. The van der Waals surface area contributed by atoms with Gasteiger partial charge in [0, 0.05) is 52.1 Å². The summed E-state index contributed by atoms with van der Waals surface area (Å²) in [5, 5.41) is 20.7. The van der Waals surface area contributed by atoms with Crippen molar-refractivity contribution in [1.29, 1.82) is 0 Å². The highest BCUT2D eigenvalue weighted by molar-refractivity contribution is 5.19. The molecule has 0 saturated carbocycles. The van der Waals surface area contributed by atoms with Crippen LogP contribution in [0.3, 0.4) is 0 Å². The monoisotopic (exact) mass is 339 g/mol. The summed E-state index contributed by atoms with van der Waals surface area (Å²) in [5.41, 5.74) is -0.695. The number of benzene rings is 1. The van der Waals surface area contributed by atoms with E-state index in [1.807, 2.05) is 6.07 Å². The summed E-state index contributed by atoms with van der Waals surface area (Å²) in [5.74, 6) is -0.287. The summed E-state index contributed by atoms with van der Waals surface area (Å²) in [6.45, 7) is 3.29. The smallest absolute Gasteiger partial charge is 0.123 e. The van der Waals surface area contributed by atoms with Crippen LogP contribution in [0.2, 0.25) is 0 Å². The Morgan fingerprint density at radius 3 is 2.71 bits per heavy atom. The number of hydrogen-bond acceptors (Lipinski definition) is 5. The zero-order valence-electron chi connectivity index (χ0n) is 13.9. The first-order valence-corrected chi connectivity index (χ1v) is 8.54. The van der Waals surface area contributed by atoms with Gasteiger partial charge in [-0.25, -0.2) is 4.39 Å². The Bertz CT molecular complexity index is 550. The molecule has 2 heterocycles. The van der Waals surface area contributed by atoms with Crippen molar-refractivity contribution in [2.75, 3.05) is 46.1 Å². The van der Waals surface area contributed by atoms with Crippen molar-refractivity contribution in [3.63, 3.8) is 0 Å². The number of nitrogens with zero attached hydrogens (tertiary/aromatic N) is 1. The van der Waals surface area contributed by atoms with Crippen LogP contribution in [-0.2, 0) is 15.9 Å². The van der Waals surface area contributed by atoms with E-state index in [0.29, 0.717) is 58.7 Å². The van der Waals surface area contributed by atoms with E-state index in [-0.39, 0.29) is 12.4 Å². The minimum Gasteiger partial charge on any atom is -0.393 e. The second-order valence-electron chi connectivity index (χ2n) is 7.04. The highest BCUT2D eigenvalue weighted by Crippen LogP contribution is 2.27. The summed E-state index contributed by atoms with van der Waals surface area (Å²) >= 11 is 0. The fourth-order valence-corrected chi connectivity index (χ4v) is 3.66. The largest absolute Gasteiger partial charge is 0.393 e. The van der Waals surface area contributed by atoms with Crippen molar-refractivity contribution in [3.05, 3.63) is 35.6 Å². The second-order valence-corrected chi connectivity index (χ2v) is 7.04. The number of hydrogen-bond donors (Lipinski definition) is 2. The van der Waals surface area contributed by atoms with E-state index in [9.17, 15) is 14.6 Å². The van der Waals surface area contributed by atoms with Crippen LogP contribution in [0.25, 0.3) is 0 Å². The maximum atomic E-state index is 13.4. The molecule has 134 valence electrons. The second kappa shape index (κ2) is 7.45. The lowest BCUT2D eigenvalue weighted by Gasteiger charge is -2.45. The topological polar surface area (TPSA) is 62.2 Å². The molecule has 1 aromatic carbocycles. The van der Waals surface area contributed by atoms with Crippen LogP contribution in [0, 0.1) is 5.82 Å². The van der Waals surface area contributed by atoms with E-state index < -0.39 is 11.2 Å². The predicted octanol–water partition coefficient (Wildman–Crippen LogP) is 0.973. The van der Waals surface area contributed by atoms with Gasteiger partial charge in [-0.05, 0) is 17.7 Å². The van der Waals surface area contributed by atoms with E-state index in [1.54, 1.807) is 6.07 Å². The molecular formula is C18H26FNO4. The van der Waals surface area contributed by atoms with Crippen molar-refractivity contribution in [1.82, 2.24) is 4.90 Å². The van der Waals surface area contributed by atoms with E-state index in [2.05, 4.69) is 4.90 Å². The molecule has 0 unspecified atom stereocenters. The molecule has 0 aromatic heterocycles. The first kappa shape index (κ1) is 17.8. The quantitative estimate of drug-likeness (QED) is 0.837. The van der Waals surface area contributed by atoms with Gasteiger partial charge in [-0.2, -0.15) is 0 Å². The Hall–Kier alpha value is -1.05. The molecule has 0 amide bonds. The zero-order valence-corrected chi connectivity index (χ0v) is 13.9. The third-order valence-corrected chi connectivity index (χ3v) is 4.97. The minimum absolute atomic E-state index is 0.137. The number of morpholine rings is 1. The van der Waals surface area contributed by atoms with Crippen LogP contribution in [0.5, 0.6) is 0 Å². The lowest BCUT2D eigenvalue weighted by atomic mass is 9.90. The number of halogens is 1. The SMILES string of the molecule is OC[C@]1(Cc2cccc(F)c2)CN(CC2(O)CCOCC2)CCO1. The summed E-state index contributed by atoms with van der Waals surface area (Å²) in [4.78, 5) is 2.14. The molecule has 0 bridgehead atoms. The average molecular weight is 339 g/mol. The molecule has 2 saturated heterocycles. The molecule has 0 radical (unpaired) electrons. The van der Waals surface area contributed by atoms with Gasteiger partial charge in [-0.15, -0.1) is 0 Å². The number of ether oxygens (including phenoxy) is 2. The van der Waals surface area contributed by atoms with Crippen LogP contribution in [0.15, 0.2) is 24.3 Å². The molecule has 1 atom stereocenters. The first-order chi connectivity index (χ1) is 11.5. The fraction of sp³-hybridized carbons (Fsp3) is 0.667. The van der Waals surface area contributed by atoms with Crippen LogP contribution in [-0.4, -0.2) is 72.4 Å². The molecule has 2 N–H and O–H groups in total. The van der Waals surface area contributed by atoms with Gasteiger partial charge in [0.2, 0.25) is 0 Å². The lowest BCUT2D eigenvalue weighted by molar-refractivity contribution is -0.152. The molecule has 2 aliphatic heterocycles. The Morgan fingerprint density at radius 1 is 1.21 bits per heavy atom. The molecule has 0 spiro atoms. The van der Waals surface area contributed by atoms with Gasteiger partial charge in [0.15, 0.2) is 0 Å². The normalized spacial score (nSPS) is 28.0. The summed E-state index contributed by atoms with van der Waals surface area (Å²) in [6, 6.07) is 6.39. The van der Waals surface area contributed by atoms with Crippen molar-refractivity contribution < 1.29 is 24.1 Å². The fourth-order valence-electron chi connectivity index (χ4n) is 3.66. The Kier molecular flexibility index (Phi) is 5.52. The molecule has 1 aromatic rings. The zero-order chi connectivity index (χ0) is 17.0. The number of aliphatic hydroxyl groups excluding tert-OH is 1. The molecule has 24 heavy (non-hydrogen) atoms. The van der Waals surface area contributed by atoms with Gasteiger partial charge in [0.25, 0.3) is 0 Å². The van der Waals surface area contributed by atoms with Crippen molar-refractivity contribution in [2.45, 2.75) is 30.5 Å². The van der Waals surface area contributed by atoms with Crippen molar-refractivity contribution >= 4 is 0 Å². The standard InChI is InChI=1S/C18H26FNO4/c19-16-3-1-2-15(10-16)11-18(14-21)13-20(6-9-24-18)12-17(22)4-7-23-8-5-17/h1-3,10,21-22H,4-9,11-14H2/t18-/m0/s1. The molecule has 0 aliphatic carbocycles. The van der Waals surface area contributed by atoms with Crippen LogP contribution >= 0.6 is 0 Å². The average Bonchev–Trinajstić information content (AvgIpc) is 2.55. The van der Waals surface area contributed by atoms with Gasteiger partial charge in [0.1, 0.15) is 11.4 Å². The summed E-state index contributed by atoms with van der Waals surface area (Å²) < 4.78 is 24.6. The molecule has 6 heteroatoms. The third kappa shape index (κ3) is 4.32. The Balaban J connectivity index is 1.67. The van der Waals surface area contributed by atoms with Crippen molar-refractivity contribution in [3.8, 4) is 0 Å². The van der Waals surface area contributed by atoms with Crippen molar-refractivity contribution in [2.24, 2.45) is 0 Å². The highest BCUT2D eigenvalue weighted by Gasteiger charge is 2.40. The molecule has 3 rings (SSSR count). The number of aliphatic hydroxyl groups is 2. The van der Waals surface area contributed by atoms with Crippen LogP contribution in [0.4, 0.5) is 4.39 Å². The molecular weight excluding hydrogens is 313 g/mol. The van der Waals surface area contributed by atoms with E-state index >= 15 is 0 Å². The van der Waals surface area contributed by atoms with E-state index in [0.717, 1.165) is 5.56 Å². The van der Waals surface area contributed by atoms with Crippen LogP contribution in [0.1, 0.15) is 18.4 Å². The molecule has 2 aliphatic rings. The van der Waals surface area contributed by atoms with Gasteiger partial charge >= 0.3 is 0 Å². The first-order valence-electron chi connectivity index (χ1n) is 8.54. The number of β-amino-alcohol motifs (C(OH)–C–C–N with tert-alkyl or cyclic N) is 1. The summed E-state index contributed by atoms with van der Waals surface area (Å²) in [6.07, 6.45) is 1.69. The van der Waals surface area contributed by atoms with Gasteiger partial charge in [0.05, 0.1) is 18.8 Å². The van der Waals surface area contributed by atoms with E-state index in [1.165, 1.54) is 12.1 Å². The van der Waals surface area contributed by atoms with Gasteiger partial charge in [-0.1, -0.05) is 12.1 Å². The molecule has 5 nitrogen and oxygen atoms in total. The third-order valence-electron chi connectivity index (χ3n) is 4.97. The van der Waals surface area contributed by atoms with Gasteiger partial charge < -0.3 is 19.7 Å². The Morgan fingerprint density at radius 2 is 2.00 bits per heavy atom. The van der Waals surface area contributed by atoms with Crippen LogP contribution < -0.4 is 0 Å². The van der Waals surface area contributed by atoms with E-state index in [4.69, 9.17) is 9.47 Å². The molecule has 2 fully saturated rings. The maximum Gasteiger partial charge on any atom is 0.123 e.